The van der Waals surface area contributed by atoms with Gasteiger partial charge in [-0.15, -0.1) is 0 Å². The zero-order chi connectivity index (χ0) is 30.4. The Balaban J connectivity index is 1.94. The maximum absolute atomic E-state index is 12.5. The lowest BCUT2D eigenvalue weighted by molar-refractivity contribution is -0.148. The minimum absolute atomic E-state index is 0.00721. The average Bonchev–Trinajstić information content (AvgIpc) is 2.91. The number of esters is 1. The summed E-state index contributed by atoms with van der Waals surface area (Å²) >= 11 is 0. The van der Waals surface area contributed by atoms with Crippen molar-refractivity contribution >= 4 is 24.4 Å². The van der Waals surface area contributed by atoms with Crippen molar-refractivity contribution in [2.24, 2.45) is 17.6 Å². The Bertz CT molecular complexity index is 1000. The maximum Gasteiger partial charge on any atom is 0.513 e. The van der Waals surface area contributed by atoms with E-state index >= 15 is 0 Å². The Morgan fingerprint density at radius 2 is 1.37 bits per heavy atom. The van der Waals surface area contributed by atoms with Gasteiger partial charge in [-0.3, -0.25) is 4.79 Å². The summed E-state index contributed by atoms with van der Waals surface area (Å²) in [5.41, 5.74) is 6.52. The normalized spacial score (nSPS) is 15.0. The number of ether oxygens (including phenoxy) is 7. The summed E-state index contributed by atoms with van der Waals surface area (Å²) in [6, 6.07) is 3.27. The van der Waals surface area contributed by atoms with Crippen LogP contribution in [0.5, 0.6) is 11.5 Å². The molecule has 1 aromatic rings. The lowest BCUT2D eigenvalue weighted by Crippen LogP contribution is -2.36. The molecule has 0 amide bonds. The molecule has 0 bridgehead atoms. The number of carbonyl (C=O) groups is 4. The van der Waals surface area contributed by atoms with Crippen LogP contribution in [0.2, 0.25) is 0 Å². The Labute approximate surface area is 241 Å². The molecule has 0 unspecified atom stereocenters. The molecule has 230 valence electrons. The van der Waals surface area contributed by atoms with Gasteiger partial charge in [-0.2, -0.15) is 0 Å². The average molecular weight is 582 g/mol. The van der Waals surface area contributed by atoms with E-state index in [1.165, 1.54) is 12.1 Å². The summed E-state index contributed by atoms with van der Waals surface area (Å²) in [7, 11) is 0. The van der Waals surface area contributed by atoms with Gasteiger partial charge in [0.15, 0.2) is 11.5 Å². The Kier molecular flexibility index (Phi) is 14.2. The molecule has 2 atom stereocenters. The van der Waals surface area contributed by atoms with Crippen molar-refractivity contribution < 1.29 is 52.3 Å². The number of hydrogen-bond acceptors (Lipinski definition) is 12. The molecular weight excluding hydrogens is 538 g/mol. The van der Waals surface area contributed by atoms with Crippen molar-refractivity contribution in [3.63, 3.8) is 0 Å². The molecule has 0 radical (unpaired) electrons. The van der Waals surface area contributed by atoms with E-state index in [4.69, 9.17) is 38.9 Å². The first kappa shape index (κ1) is 33.7. The third kappa shape index (κ3) is 13.6. The highest BCUT2D eigenvalue weighted by atomic mass is 16.8. The highest BCUT2D eigenvalue weighted by Crippen LogP contribution is 2.30. The predicted molar refractivity (Wildman–Crippen MR) is 147 cm³/mol. The smallest absolute Gasteiger partial charge is 0.461 e. The molecule has 1 aliphatic carbocycles. The first-order chi connectivity index (χ1) is 19.4. The van der Waals surface area contributed by atoms with Gasteiger partial charge >= 0.3 is 24.4 Å². The molecule has 0 saturated heterocycles. The van der Waals surface area contributed by atoms with Gasteiger partial charge < -0.3 is 38.9 Å². The minimum atomic E-state index is -1.08. The standard InChI is InChI=1S/C29H43NO11/c1-18(2)15-36-27(32)40-24-12-11-21(14-25(24)41-28(33)37-16-19(3)4)13-23(30)26(31)35-17-20(5)38-29(34)39-22-9-7-6-8-10-22/h11-12,14,18-20,22-23H,6-10,13,15-17,30H2,1-5H3/t20-,23-/m0/s1. The second-order valence-electron chi connectivity index (χ2n) is 10.9. The van der Waals surface area contributed by atoms with E-state index in [1.807, 2.05) is 27.7 Å². The molecule has 12 nitrogen and oxygen atoms in total. The zero-order valence-corrected chi connectivity index (χ0v) is 24.6. The minimum Gasteiger partial charge on any atom is -0.461 e. The van der Waals surface area contributed by atoms with Crippen LogP contribution in [0.3, 0.4) is 0 Å². The van der Waals surface area contributed by atoms with E-state index in [0.717, 1.165) is 32.1 Å². The molecule has 0 aromatic heterocycles. The van der Waals surface area contributed by atoms with Gasteiger partial charge in [-0.05, 0) is 68.6 Å². The lowest BCUT2D eigenvalue weighted by Gasteiger charge is -2.22. The number of nitrogens with two attached hydrogens (primary N) is 1. The van der Waals surface area contributed by atoms with E-state index in [2.05, 4.69) is 0 Å². The molecule has 1 aliphatic rings. The molecular formula is C29H43NO11. The highest BCUT2D eigenvalue weighted by Gasteiger charge is 2.23. The third-order valence-electron chi connectivity index (χ3n) is 5.79. The molecule has 0 spiro atoms. The quantitative estimate of drug-likeness (QED) is 0.182. The van der Waals surface area contributed by atoms with Crippen molar-refractivity contribution in [1.82, 2.24) is 0 Å². The molecule has 0 aliphatic heterocycles. The fourth-order valence-corrected chi connectivity index (χ4v) is 3.74. The predicted octanol–water partition coefficient (Wildman–Crippen LogP) is 5.32. The van der Waals surface area contributed by atoms with Crippen LogP contribution in [0.25, 0.3) is 0 Å². The summed E-state index contributed by atoms with van der Waals surface area (Å²) in [6.07, 6.45) is 1.17. The molecule has 12 heteroatoms. The largest absolute Gasteiger partial charge is 0.513 e. The summed E-state index contributed by atoms with van der Waals surface area (Å²) < 4.78 is 36.2. The summed E-state index contributed by atoms with van der Waals surface area (Å²) in [6.45, 7) is 9.12. The van der Waals surface area contributed by atoms with Crippen LogP contribution in [0.15, 0.2) is 18.2 Å². The number of benzene rings is 1. The fourth-order valence-electron chi connectivity index (χ4n) is 3.74. The summed E-state index contributed by atoms with van der Waals surface area (Å²) in [4.78, 5) is 48.8. The second kappa shape index (κ2) is 17.3. The van der Waals surface area contributed by atoms with E-state index < -0.39 is 36.6 Å². The van der Waals surface area contributed by atoms with E-state index in [-0.39, 0.29) is 55.7 Å². The maximum atomic E-state index is 12.5. The van der Waals surface area contributed by atoms with Crippen LogP contribution in [-0.2, 0) is 34.9 Å². The van der Waals surface area contributed by atoms with Gasteiger partial charge in [0.05, 0.1) is 13.2 Å². The summed E-state index contributed by atoms with van der Waals surface area (Å²) in [5.74, 6) is -0.742. The van der Waals surface area contributed by atoms with Gasteiger partial charge in [0.25, 0.3) is 0 Å². The second-order valence-corrected chi connectivity index (χ2v) is 10.9. The first-order valence-electron chi connectivity index (χ1n) is 14.0. The van der Waals surface area contributed by atoms with Crippen molar-refractivity contribution in [3.05, 3.63) is 23.8 Å². The van der Waals surface area contributed by atoms with Gasteiger partial charge in [0, 0.05) is 0 Å². The van der Waals surface area contributed by atoms with Crippen molar-refractivity contribution in [2.45, 2.75) is 91.4 Å². The van der Waals surface area contributed by atoms with Gasteiger partial charge in [-0.1, -0.05) is 40.2 Å². The highest BCUT2D eigenvalue weighted by molar-refractivity contribution is 5.76. The molecule has 2 rings (SSSR count). The molecule has 1 aromatic carbocycles. The van der Waals surface area contributed by atoms with Crippen molar-refractivity contribution in [3.8, 4) is 11.5 Å². The zero-order valence-electron chi connectivity index (χ0n) is 24.6. The van der Waals surface area contributed by atoms with Crippen molar-refractivity contribution in [2.75, 3.05) is 19.8 Å². The van der Waals surface area contributed by atoms with Crippen LogP contribution in [0, 0.1) is 11.8 Å². The Morgan fingerprint density at radius 1 is 0.780 bits per heavy atom. The molecule has 1 fully saturated rings. The first-order valence-corrected chi connectivity index (χ1v) is 14.0. The number of carbonyl (C=O) groups excluding carboxylic acids is 4. The number of hydrogen-bond donors (Lipinski definition) is 1. The Hall–Kier alpha value is -3.54. The lowest BCUT2D eigenvalue weighted by atomic mass is 9.98. The van der Waals surface area contributed by atoms with Crippen LogP contribution in [-0.4, -0.2) is 62.5 Å². The fraction of sp³-hybridized carbons (Fsp3) is 0.655. The summed E-state index contributed by atoms with van der Waals surface area (Å²) in [5, 5.41) is 0. The van der Waals surface area contributed by atoms with E-state index in [9.17, 15) is 19.2 Å². The van der Waals surface area contributed by atoms with E-state index in [0.29, 0.717) is 5.56 Å². The van der Waals surface area contributed by atoms with Crippen molar-refractivity contribution in [1.29, 1.82) is 0 Å². The van der Waals surface area contributed by atoms with Crippen LogP contribution in [0.4, 0.5) is 14.4 Å². The molecule has 41 heavy (non-hydrogen) atoms. The monoisotopic (exact) mass is 581 g/mol. The van der Waals surface area contributed by atoms with Crippen LogP contribution < -0.4 is 15.2 Å². The Morgan fingerprint density at radius 3 is 1.95 bits per heavy atom. The van der Waals surface area contributed by atoms with Crippen LogP contribution in [0.1, 0.15) is 72.3 Å². The van der Waals surface area contributed by atoms with Crippen LogP contribution >= 0.6 is 0 Å². The third-order valence-corrected chi connectivity index (χ3v) is 5.79. The molecule has 1 saturated carbocycles. The number of rotatable bonds is 13. The SMILES string of the molecule is CC(C)COC(=O)Oc1ccc(C[C@H](N)C(=O)OC[C@H](C)OC(=O)OC2CCCCC2)cc1OC(=O)OCC(C)C. The van der Waals surface area contributed by atoms with Gasteiger partial charge in [0.2, 0.25) is 0 Å². The van der Waals surface area contributed by atoms with Gasteiger partial charge in [0.1, 0.15) is 24.9 Å². The van der Waals surface area contributed by atoms with E-state index in [1.54, 1.807) is 13.0 Å². The molecule has 0 heterocycles. The van der Waals surface area contributed by atoms with Gasteiger partial charge in [-0.25, -0.2) is 14.4 Å². The topological polar surface area (TPSA) is 159 Å². The molecule has 2 N–H and O–H groups in total.